The molecule has 0 N–H and O–H groups in total. The standard InChI is InChI=1S/C57H36N2/c1-2-19-41(20-3-1)59-53-33-30-39(36-52(53)57-54(59)29-14-34-58-57)38-17-12-18-40(35-38)43-31-32-51(45-23-7-6-22-44(43)45)56-49-26-10-8-24-47(49)55(48-25-9-11-27-50(48)56)46-28-13-16-37-15-4-5-21-42(37)46/h1-36H. The van der Waals surface area contributed by atoms with Gasteiger partial charge in [0, 0.05) is 17.3 Å². The van der Waals surface area contributed by atoms with E-state index in [4.69, 9.17) is 4.98 Å². The lowest BCUT2D eigenvalue weighted by atomic mass is 9.83. The molecule has 2 aromatic heterocycles. The molecule has 0 fully saturated rings. The number of nitrogens with zero attached hydrogens (tertiary/aromatic N) is 2. The van der Waals surface area contributed by atoms with Crippen LogP contribution in [0, 0.1) is 0 Å². The topological polar surface area (TPSA) is 17.8 Å². The molecule has 0 spiro atoms. The summed E-state index contributed by atoms with van der Waals surface area (Å²) in [5.41, 5.74) is 14.2. The van der Waals surface area contributed by atoms with Crippen LogP contribution in [-0.2, 0) is 0 Å². The lowest BCUT2D eigenvalue weighted by molar-refractivity contribution is 1.18. The molecule has 0 radical (unpaired) electrons. The van der Waals surface area contributed by atoms with Crippen molar-refractivity contribution in [3.8, 4) is 50.2 Å². The van der Waals surface area contributed by atoms with Gasteiger partial charge in [0.05, 0.1) is 16.6 Å². The van der Waals surface area contributed by atoms with Gasteiger partial charge in [0.25, 0.3) is 0 Å². The van der Waals surface area contributed by atoms with E-state index in [-0.39, 0.29) is 0 Å². The zero-order valence-electron chi connectivity index (χ0n) is 32.2. The molecule has 0 saturated carbocycles. The first-order valence-electron chi connectivity index (χ1n) is 20.3. The van der Waals surface area contributed by atoms with E-state index in [1.165, 1.54) is 87.6 Å². The van der Waals surface area contributed by atoms with Crippen LogP contribution in [0.3, 0.4) is 0 Å². The Morgan fingerprint density at radius 3 is 1.58 bits per heavy atom. The second-order valence-corrected chi connectivity index (χ2v) is 15.4. The van der Waals surface area contributed by atoms with Gasteiger partial charge in [-0.05, 0) is 130 Å². The average molecular weight is 749 g/mol. The van der Waals surface area contributed by atoms with Crippen LogP contribution in [-0.4, -0.2) is 9.55 Å². The normalized spacial score (nSPS) is 11.7. The van der Waals surface area contributed by atoms with E-state index in [0.29, 0.717) is 0 Å². The molecule has 2 heteroatoms. The van der Waals surface area contributed by atoms with Crippen molar-refractivity contribution in [3.63, 3.8) is 0 Å². The third kappa shape index (κ3) is 5.24. The molecule has 12 rings (SSSR count). The van der Waals surface area contributed by atoms with Crippen molar-refractivity contribution in [3.05, 3.63) is 219 Å². The van der Waals surface area contributed by atoms with Crippen molar-refractivity contribution in [2.75, 3.05) is 0 Å². The number of fused-ring (bicyclic) bond motifs is 7. The number of hydrogen-bond donors (Lipinski definition) is 0. The van der Waals surface area contributed by atoms with Crippen LogP contribution in [0.5, 0.6) is 0 Å². The number of aromatic nitrogens is 2. The van der Waals surface area contributed by atoms with Crippen molar-refractivity contribution in [2.45, 2.75) is 0 Å². The van der Waals surface area contributed by atoms with E-state index in [1.807, 2.05) is 12.3 Å². The van der Waals surface area contributed by atoms with E-state index in [2.05, 4.69) is 211 Å². The van der Waals surface area contributed by atoms with E-state index >= 15 is 0 Å². The molecule has 2 heterocycles. The van der Waals surface area contributed by atoms with Gasteiger partial charge in [-0.3, -0.25) is 4.98 Å². The summed E-state index contributed by atoms with van der Waals surface area (Å²) in [6, 6.07) is 77.5. The average Bonchev–Trinajstić information content (AvgIpc) is 3.64. The smallest absolute Gasteiger partial charge is 0.0963 e. The molecular weight excluding hydrogens is 713 g/mol. The van der Waals surface area contributed by atoms with Crippen molar-refractivity contribution < 1.29 is 0 Å². The maximum atomic E-state index is 4.87. The van der Waals surface area contributed by atoms with Crippen LogP contribution in [0.2, 0.25) is 0 Å². The summed E-state index contributed by atoms with van der Waals surface area (Å²) in [5.74, 6) is 0. The molecule has 10 aromatic carbocycles. The minimum Gasteiger partial charge on any atom is -0.308 e. The van der Waals surface area contributed by atoms with Crippen LogP contribution in [0.1, 0.15) is 0 Å². The summed E-state index contributed by atoms with van der Waals surface area (Å²) in [5, 5.41) is 11.2. The molecule has 59 heavy (non-hydrogen) atoms. The van der Waals surface area contributed by atoms with Gasteiger partial charge in [-0.2, -0.15) is 0 Å². The third-order valence-electron chi connectivity index (χ3n) is 12.2. The largest absolute Gasteiger partial charge is 0.308 e. The van der Waals surface area contributed by atoms with E-state index in [9.17, 15) is 0 Å². The number of benzene rings is 10. The zero-order chi connectivity index (χ0) is 38.9. The maximum absolute atomic E-state index is 4.87. The molecule has 0 saturated heterocycles. The summed E-state index contributed by atoms with van der Waals surface area (Å²) >= 11 is 0. The van der Waals surface area contributed by atoms with Gasteiger partial charge in [0.2, 0.25) is 0 Å². The molecule has 0 aliphatic carbocycles. The Balaban J connectivity index is 1.03. The first-order valence-corrected chi connectivity index (χ1v) is 20.3. The fourth-order valence-electron chi connectivity index (χ4n) is 9.66. The minimum absolute atomic E-state index is 1.01. The molecular formula is C57H36N2. The monoisotopic (exact) mass is 748 g/mol. The van der Waals surface area contributed by atoms with Crippen molar-refractivity contribution in [1.29, 1.82) is 0 Å². The van der Waals surface area contributed by atoms with Gasteiger partial charge in [0.15, 0.2) is 0 Å². The Labute approximate surface area is 341 Å². The van der Waals surface area contributed by atoms with E-state index < -0.39 is 0 Å². The Bertz CT molecular complexity index is 3550. The third-order valence-corrected chi connectivity index (χ3v) is 12.2. The Kier molecular flexibility index (Phi) is 7.57. The lowest BCUT2D eigenvalue weighted by Crippen LogP contribution is -1.93. The molecule has 0 unspecified atom stereocenters. The highest BCUT2D eigenvalue weighted by atomic mass is 15.0. The van der Waals surface area contributed by atoms with Crippen molar-refractivity contribution >= 4 is 65.0 Å². The van der Waals surface area contributed by atoms with Crippen molar-refractivity contribution in [1.82, 2.24) is 9.55 Å². The molecule has 2 nitrogen and oxygen atoms in total. The summed E-state index contributed by atoms with van der Waals surface area (Å²) in [6.07, 6.45) is 1.89. The molecule has 0 amide bonds. The summed E-state index contributed by atoms with van der Waals surface area (Å²) < 4.78 is 2.31. The Morgan fingerprint density at radius 2 is 0.847 bits per heavy atom. The number of pyridine rings is 1. The summed E-state index contributed by atoms with van der Waals surface area (Å²) in [7, 11) is 0. The number of hydrogen-bond acceptors (Lipinski definition) is 1. The van der Waals surface area contributed by atoms with Gasteiger partial charge >= 0.3 is 0 Å². The van der Waals surface area contributed by atoms with Gasteiger partial charge in [-0.15, -0.1) is 0 Å². The molecule has 274 valence electrons. The van der Waals surface area contributed by atoms with Gasteiger partial charge in [-0.25, -0.2) is 0 Å². The molecule has 0 atom stereocenters. The quantitative estimate of drug-likeness (QED) is 0.160. The Morgan fingerprint density at radius 1 is 0.305 bits per heavy atom. The van der Waals surface area contributed by atoms with Crippen LogP contribution in [0.25, 0.3) is 115 Å². The fourth-order valence-corrected chi connectivity index (χ4v) is 9.66. The van der Waals surface area contributed by atoms with E-state index in [1.54, 1.807) is 0 Å². The number of para-hydroxylation sites is 1. The minimum atomic E-state index is 1.01. The van der Waals surface area contributed by atoms with Crippen LogP contribution in [0.15, 0.2) is 219 Å². The Hall–Kier alpha value is -7.81. The van der Waals surface area contributed by atoms with Crippen LogP contribution < -0.4 is 0 Å². The highest BCUT2D eigenvalue weighted by molar-refractivity contribution is 6.25. The number of rotatable bonds is 5. The van der Waals surface area contributed by atoms with E-state index in [0.717, 1.165) is 27.6 Å². The SMILES string of the molecule is c1ccc(-n2c3ccc(-c4cccc(-c5ccc(-c6c7ccccc7c(-c7cccc8ccccc78)c7ccccc67)c6ccccc56)c4)cc3c3ncccc32)cc1. The molecule has 0 bridgehead atoms. The predicted molar refractivity (Wildman–Crippen MR) is 250 cm³/mol. The maximum Gasteiger partial charge on any atom is 0.0963 e. The fraction of sp³-hybridized carbons (Fsp3) is 0. The zero-order valence-corrected chi connectivity index (χ0v) is 32.2. The highest BCUT2D eigenvalue weighted by Gasteiger charge is 2.20. The lowest BCUT2D eigenvalue weighted by Gasteiger charge is -2.20. The molecule has 0 aliphatic heterocycles. The summed E-state index contributed by atoms with van der Waals surface area (Å²) in [6.45, 7) is 0. The molecule has 12 aromatic rings. The second-order valence-electron chi connectivity index (χ2n) is 15.4. The first-order chi connectivity index (χ1) is 29.3. The predicted octanol–water partition coefficient (Wildman–Crippen LogP) is 15.5. The van der Waals surface area contributed by atoms with Gasteiger partial charge in [-0.1, -0.05) is 170 Å². The van der Waals surface area contributed by atoms with Gasteiger partial charge in [0.1, 0.15) is 0 Å². The second kappa shape index (κ2) is 13.4. The van der Waals surface area contributed by atoms with Crippen LogP contribution >= 0.6 is 0 Å². The molecule has 0 aliphatic rings. The van der Waals surface area contributed by atoms with Crippen LogP contribution in [0.4, 0.5) is 0 Å². The van der Waals surface area contributed by atoms with Gasteiger partial charge < -0.3 is 4.57 Å². The van der Waals surface area contributed by atoms with Crippen molar-refractivity contribution in [2.24, 2.45) is 0 Å². The summed E-state index contributed by atoms with van der Waals surface area (Å²) in [4.78, 5) is 4.87. The highest BCUT2D eigenvalue weighted by Crippen LogP contribution is 2.47. The first kappa shape index (κ1) is 33.3.